The summed E-state index contributed by atoms with van der Waals surface area (Å²) in [6.45, 7) is 2.80. The lowest BCUT2D eigenvalue weighted by molar-refractivity contribution is 1.04. The molecule has 1 nitrogen and oxygen atoms in total. The van der Waals surface area contributed by atoms with E-state index in [4.69, 9.17) is 5.73 Å². The predicted octanol–water partition coefficient (Wildman–Crippen LogP) is 2.31. The Bertz CT molecular complexity index is 245. The van der Waals surface area contributed by atoms with E-state index in [0.717, 1.165) is 6.42 Å². The first-order chi connectivity index (χ1) is 5.27. The molecule has 0 aliphatic carbocycles. The van der Waals surface area contributed by atoms with Gasteiger partial charge in [-0.05, 0) is 46.2 Å². The van der Waals surface area contributed by atoms with Crippen LogP contribution in [-0.2, 0) is 13.0 Å². The highest BCUT2D eigenvalue weighted by molar-refractivity contribution is 14.1. The Morgan fingerprint density at radius 2 is 2.18 bits per heavy atom. The van der Waals surface area contributed by atoms with E-state index < -0.39 is 0 Å². The van der Waals surface area contributed by atoms with E-state index in [9.17, 15) is 0 Å². The van der Waals surface area contributed by atoms with Gasteiger partial charge in [0.2, 0.25) is 0 Å². The molecule has 0 unspecified atom stereocenters. The maximum Gasteiger partial charge on any atom is 0.0188 e. The number of halogens is 1. The van der Waals surface area contributed by atoms with Crippen molar-refractivity contribution >= 4 is 22.6 Å². The molecule has 0 bridgehead atoms. The highest BCUT2D eigenvalue weighted by Gasteiger charge is 1.97. The first kappa shape index (κ1) is 9.00. The summed E-state index contributed by atoms with van der Waals surface area (Å²) in [4.78, 5) is 0. The van der Waals surface area contributed by atoms with Crippen molar-refractivity contribution in [2.24, 2.45) is 5.73 Å². The van der Waals surface area contributed by atoms with Gasteiger partial charge in [0, 0.05) is 10.1 Å². The van der Waals surface area contributed by atoms with Gasteiger partial charge in [-0.1, -0.05) is 19.1 Å². The number of benzene rings is 1. The second-order valence-corrected chi connectivity index (χ2v) is 3.65. The Kier molecular flexibility index (Phi) is 3.33. The fourth-order valence-electron chi connectivity index (χ4n) is 0.976. The molecule has 0 radical (unpaired) electrons. The van der Waals surface area contributed by atoms with Gasteiger partial charge in [-0.25, -0.2) is 0 Å². The molecule has 1 aromatic carbocycles. The van der Waals surface area contributed by atoms with Gasteiger partial charge >= 0.3 is 0 Å². The number of hydrogen-bond acceptors (Lipinski definition) is 1. The van der Waals surface area contributed by atoms with Crippen LogP contribution in [0.25, 0.3) is 0 Å². The minimum Gasteiger partial charge on any atom is -0.326 e. The van der Waals surface area contributed by atoms with Crippen molar-refractivity contribution in [3.63, 3.8) is 0 Å². The van der Waals surface area contributed by atoms with Crippen LogP contribution in [0.1, 0.15) is 18.1 Å². The molecule has 0 saturated heterocycles. The third-order valence-corrected chi connectivity index (χ3v) is 2.75. The van der Waals surface area contributed by atoms with Crippen LogP contribution < -0.4 is 5.73 Å². The summed E-state index contributed by atoms with van der Waals surface area (Å²) in [5.41, 5.74) is 8.16. The highest BCUT2D eigenvalue weighted by atomic mass is 127. The van der Waals surface area contributed by atoms with Crippen molar-refractivity contribution in [2.75, 3.05) is 0 Å². The van der Waals surface area contributed by atoms with Crippen LogP contribution in [0.3, 0.4) is 0 Å². The fraction of sp³-hybridized carbons (Fsp3) is 0.333. The monoisotopic (exact) mass is 261 g/mol. The molecule has 0 amide bonds. The molecule has 1 aromatic rings. The Balaban J connectivity index is 2.99. The third kappa shape index (κ3) is 2.17. The largest absolute Gasteiger partial charge is 0.326 e. The van der Waals surface area contributed by atoms with Gasteiger partial charge in [0.15, 0.2) is 0 Å². The minimum atomic E-state index is 0.641. The second-order valence-electron chi connectivity index (χ2n) is 2.48. The molecular weight excluding hydrogens is 249 g/mol. The average Bonchev–Trinajstić information content (AvgIpc) is 2.04. The summed E-state index contributed by atoms with van der Waals surface area (Å²) in [6, 6.07) is 6.45. The van der Waals surface area contributed by atoms with Crippen molar-refractivity contribution in [3.8, 4) is 0 Å². The fourth-order valence-corrected chi connectivity index (χ4v) is 1.78. The van der Waals surface area contributed by atoms with E-state index in [1.54, 1.807) is 0 Å². The Hall–Kier alpha value is -0.0900. The summed E-state index contributed by atoms with van der Waals surface area (Å²) >= 11 is 2.33. The van der Waals surface area contributed by atoms with Gasteiger partial charge in [0.1, 0.15) is 0 Å². The van der Waals surface area contributed by atoms with E-state index in [1.165, 1.54) is 14.7 Å². The van der Waals surface area contributed by atoms with Crippen molar-refractivity contribution in [1.82, 2.24) is 0 Å². The zero-order valence-corrected chi connectivity index (χ0v) is 8.76. The molecule has 0 spiro atoms. The number of hydrogen-bond donors (Lipinski definition) is 1. The Morgan fingerprint density at radius 3 is 2.64 bits per heavy atom. The Labute approximate surface area is 81.1 Å². The smallest absolute Gasteiger partial charge is 0.0188 e. The van der Waals surface area contributed by atoms with E-state index in [-0.39, 0.29) is 0 Å². The van der Waals surface area contributed by atoms with E-state index in [2.05, 4.69) is 47.7 Å². The lowest BCUT2D eigenvalue weighted by Crippen LogP contribution is -1.99. The maximum absolute atomic E-state index is 5.54. The summed E-state index contributed by atoms with van der Waals surface area (Å²) in [5, 5.41) is 0. The molecule has 0 aromatic heterocycles. The van der Waals surface area contributed by atoms with Gasteiger partial charge in [0.05, 0.1) is 0 Å². The molecule has 0 heterocycles. The molecule has 1 rings (SSSR count). The van der Waals surface area contributed by atoms with Gasteiger partial charge < -0.3 is 5.73 Å². The van der Waals surface area contributed by atoms with E-state index in [1.807, 2.05) is 0 Å². The molecule has 0 saturated carbocycles. The molecule has 2 N–H and O–H groups in total. The molecule has 60 valence electrons. The molecule has 0 fully saturated rings. The summed E-state index contributed by atoms with van der Waals surface area (Å²) in [6.07, 6.45) is 1.10. The highest BCUT2D eigenvalue weighted by Crippen LogP contribution is 2.14. The molecule has 0 aliphatic rings. The number of rotatable bonds is 2. The van der Waals surface area contributed by atoms with Crippen LogP contribution in [0.5, 0.6) is 0 Å². The van der Waals surface area contributed by atoms with Crippen LogP contribution >= 0.6 is 22.6 Å². The first-order valence-corrected chi connectivity index (χ1v) is 4.83. The lowest BCUT2D eigenvalue weighted by Gasteiger charge is -2.02. The zero-order valence-electron chi connectivity index (χ0n) is 6.60. The summed E-state index contributed by atoms with van der Waals surface area (Å²) in [5.74, 6) is 0. The van der Waals surface area contributed by atoms with Crippen molar-refractivity contribution in [2.45, 2.75) is 19.9 Å². The molecule has 2 heteroatoms. The first-order valence-electron chi connectivity index (χ1n) is 3.75. The quantitative estimate of drug-likeness (QED) is 0.812. The van der Waals surface area contributed by atoms with Crippen LogP contribution in [0.15, 0.2) is 18.2 Å². The van der Waals surface area contributed by atoms with Crippen LogP contribution in [0, 0.1) is 3.57 Å². The molecule has 0 aliphatic heterocycles. The summed E-state index contributed by atoms with van der Waals surface area (Å²) < 4.78 is 1.28. The Morgan fingerprint density at radius 1 is 1.45 bits per heavy atom. The molecular formula is C9H12IN. The van der Waals surface area contributed by atoms with Crippen LogP contribution in [-0.4, -0.2) is 0 Å². The van der Waals surface area contributed by atoms with Crippen LogP contribution in [0.4, 0.5) is 0 Å². The SMILES string of the molecule is CCc1ccc(CN)c(I)c1. The van der Waals surface area contributed by atoms with Gasteiger partial charge in [-0.2, -0.15) is 0 Å². The normalized spacial score (nSPS) is 10.1. The second kappa shape index (κ2) is 4.07. The van der Waals surface area contributed by atoms with Crippen molar-refractivity contribution < 1.29 is 0 Å². The maximum atomic E-state index is 5.54. The predicted molar refractivity (Wildman–Crippen MR) is 56.4 cm³/mol. The zero-order chi connectivity index (χ0) is 8.27. The average molecular weight is 261 g/mol. The minimum absolute atomic E-state index is 0.641. The van der Waals surface area contributed by atoms with Crippen molar-refractivity contribution in [3.05, 3.63) is 32.9 Å². The van der Waals surface area contributed by atoms with Crippen molar-refractivity contribution in [1.29, 1.82) is 0 Å². The molecule has 11 heavy (non-hydrogen) atoms. The lowest BCUT2D eigenvalue weighted by atomic mass is 10.1. The topological polar surface area (TPSA) is 26.0 Å². The summed E-state index contributed by atoms with van der Waals surface area (Å²) in [7, 11) is 0. The van der Waals surface area contributed by atoms with Gasteiger partial charge in [-0.3, -0.25) is 0 Å². The van der Waals surface area contributed by atoms with E-state index >= 15 is 0 Å². The molecule has 0 atom stereocenters. The van der Waals surface area contributed by atoms with Gasteiger partial charge in [-0.15, -0.1) is 0 Å². The number of nitrogens with two attached hydrogens (primary N) is 1. The van der Waals surface area contributed by atoms with E-state index in [0.29, 0.717) is 6.54 Å². The number of aryl methyl sites for hydroxylation is 1. The van der Waals surface area contributed by atoms with Crippen LogP contribution in [0.2, 0.25) is 0 Å². The third-order valence-electron chi connectivity index (χ3n) is 1.75. The standard InChI is InChI=1S/C9H12IN/c1-2-7-3-4-8(6-11)9(10)5-7/h3-5H,2,6,11H2,1H3. The van der Waals surface area contributed by atoms with Gasteiger partial charge in [0.25, 0.3) is 0 Å².